The number of phosphoric ester groups is 2. The lowest BCUT2D eigenvalue weighted by atomic mass is 9.99. The number of hydrogen-bond donors (Lipinski definition) is 3. The second kappa shape index (κ2) is 63.5. The molecule has 0 aromatic rings. The number of ether oxygens (including phenoxy) is 4. The van der Waals surface area contributed by atoms with Gasteiger partial charge in [0.15, 0.2) is 12.2 Å². The zero-order chi connectivity index (χ0) is 68.9. The molecule has 3 N–H and O–H groups in total. The third kappa shape index (κ3) is 65.8. The number of esters is 4. The molecule has 0 heterocycles. The summed E-state index contributed by atoms with van der Waals surface area (Å²) in [4.78, 5) is 72.6. The average molecular weight is 1370 g/mol. The van der Waals surface area contributed by atoms with Gasteiger partial charge < -0.3 is 33.8 Å². The maximum absolute atomic E-state index is 13.1. The largest absolute Gasteiger partial charge is 0.472 e. The van der Waals surface area contributed by atoms with Gasteiger partial charge in [0.05, 0.1) is 26.4 Å². The summed E-state index contributed by atoms with van der Waals surface area (Å²) in [5.74, 6) is 0.892. The summed E-state index contributed by atoms with van der Waals surface area (Å²) in [5, 5.41) is 10.6. The molecule has 93 heavy (non-hydrogen) atoms. The Hall–Kier alpha value is -1.94. The van der Waals surface area contributed by atoms with E-state index in [1.807, 2.05) is 0 Å². The second-order valence-electron chi connectivity index (χ2n) is 28.1. The fourth-order valence-corrected chi connectivity index (χ4v) is 12.7. The molecule has 19 heteroatoms. The number of unbranched alkanes of at least 4 members (excludes halogenated alkanes) is 35. The molecule has 7 atom stereocenters. The Labute approximate surface area is 568 Å². The highest BCUT2D eigenvalue weighted by Crippen LogP contribution is 2.45. The van der Waals surface area contributed by atoms with Crippen molar-refractivity contribution in [2.45, 2.75) is 388 Å². The molecule has 0 aliphatic carbocycles. The lowest BCUT2D eigenvalue weighted by molar-refractivity contribution is -0.161. The highest BCUT2D eigenvalue weighted by molar-refractivity contribution is 7.47. The van der Waals surface area contributed by atoms with Crippen molar-refractivity contribution in [2.75, 3.05) is 39.6 Å². The Kier molecular flexibility index (Phi) is 62.2. The number of carbonyl (C=O) groups excluding carboxylic acids is 4. The molecule has 0 aliphatic rings. The molecule has 0 spiro atoms. The Morgan fingerprint density at radius 3 is 0.763 bits per heavy atom. The molecule has 5 unspecified atom stereocenters. The maximum atomic E-state index is 13.1. The van der Waals surface area contributed by atoms with Crippen LogP contribution in [0.1, 0.15) is 370 Å². The van der Waals surface area contributed by atoms with Gasteiger partial charge in [-0.25, -0.2) is 9.13 Å². The Balaban J connectivity index is 5.16. The number of phosphoric acid groups is 2. The number of carbonyl (C=O) groups is 4. The van der Waals surface area contributed by atoms with Crippen LogP contribution in [0, 0.1) is 23.7 Å². The van der Waals surface area contributed by atoms with Crippen molar-refractivity contribution in [3.63, 3.8) is 0 Å². The summed E-state index contributed by atoms with van der Waals surface area (Å²) in [6.45, 7) is 14.1. The molecule has 0 saturated carbocycles. The van der Waals surface area contributed by atoms with Gasteiger partial charge in [0.2, 0.25) is 0 Å². The van der Waals surface area contributed by atoms with Crippen LogP contribution in [0.3, 0.4) is 0 Å². The zero-order valence-corrected chi connectivity index (χ0v) is 62.7. The van der Waals surface area contributed by atoms with E-state index >= 15 is 0 Å². The quantitative estimate of drug-likeness (QED) is 0.0222. The lowest BCUT2D eigenvalue weighted by Crippen LogP contribution is -2.30. The van der Waals surface area contributed by atoms with Crippen LogP contribution in [0.4, 0.5) is 0 Å². The van der Waals surface area contributed by atoms with Crippen LogP contribution >= 0.6 is 15.6 Å². The van der Waals surface area contributed by atoms with E-state index in [1.165, 1.54) is 167 Å². The van der Waals surface area contributed by atoms with Gasteiger partial charge in [0.1, 0.15) is 19.3 Å². The minimum absolute atomic E-state index is 0.101. The fourth-order valence-electron chi connectivity index (χ4n) is 11.1. The first-order chi connectivity index (χ1) is 44.7. The monoisotopic (exact) mass is 1370 g/mol. The topological polar surface area (TPSA) is 237 Å². The fraction of sp³-hybridized carbons (Fsp3) is 0.946. The minimum Gasteiger partial charge on any atom is -0.462 e. The summed E-state index contributed by atoms with van der Waals surface area (Å²) in [7, 11) is -9.91. The van der Waals surface area contributed by atoms with Crippen molar-refractivity contribution in [2.24, 2.45) is 23.7 Å². The van der Waals surface area contributed by atoms with Gasteiger partial charge in [-0.2, -0.15) is 0 Å². The van der Waals surface area contributed by atoms with Crippen molar-refractivity contribution >= 4 is 39.5 Å². The van der Waals surface area contributed by atoms with Crippen molar-refractivity contribution in [1.82, 2.24) is 0 Å². The SMILES string of the molecule is CCC(C)CCCCCCCCCCCCCCCCCCCCC(=O)O[C@H](COC(=O)CCCCCCCCCCC(C)CC)COP(=O)(O)OCC(O)COP(=O)(O)OC[C@@H](COC(=O)CCCCCCCCCC(C)C)OC(=O)CCCCCCCCC(C)C. The van der Waals surface area contributed by atoms with Crippen LogP contribution in [0.15, 0.2) is 0 Å². The molecule has 0 bridgehead atoms. The number of aliphatic hydroxyl groups excluding tert-OH is 1. The van der Waals surface area contributed by atoms with Crippen LogP contribution in [0.25, 0.3) is 0 Å². The molecule has 0 fully saturated rings. The number of rotatable bonds is 71. The Bertz CT molecular complexity index is 1840. The van der Waals surface area contributed by atoms with E-state index in [0.29, 0.717) is 37.5 Å². The third-order valence-electron chi connectivity index (χ3n) is 17.8. The summed E-state index contributed by atoms with van der Waals surface area (Å²) in [5.41, 5.74) is 0. The number of aliphatic hydroxyl groups is 1. The average Bonchev–Trinajstić information content (AvgIpc) is 1.75. The molecule has 0 amide bonds. The van der Waals surface area contributed by atoms with Crippen LogP contribution in [0.2, 0.25) is 0 Å². The van der Waals surface area contributed by atoms with E-state index in [4.69, 9.17) is 37.0 Å². The molecule has 0 aromatic carbocycles. The van der Waals surface area contributed by atoms with E-state index in [0.717, 1.165) is 108 Å². The van der Waals surface area contributed by atoms with Gasteiger partial charge in [0.25, 0.3) is 0 Å². The van der Waals surface area contributed by atoms with Gasteiger partial charge in [0, 0.05) is 25.7 Å². The first-order valence-corrected chi connectivity index (χ1v) is 41.3. The van der Waals surface area contributed by atoms with Crippen molar-refractivity contribution < 1.29 is 80.2 Å². The van der Waals surface area contributed by atoms with Crippen molar-refractivity contribution in [3.05, 3.63) is 0 Å². The normalized spacial score (nSPS) is 14.8. The smallest absolute Gasteiger partial charge is 0.462 e. The van der Waals surface area contributed by atoms with E-state index in [1.54, 1.807) is 0 Å². The minimum atomic E-state index is -4.96. The lowest BCUT2D eigenvalue weighted by Gasteiger charge is -2.21. The van der Waals surface area contributed by atoms with Gasteiger partial charge >= 0.3 is 39.5 Å². The predicted molar refractivity (Wildman–Crippen MR) is 377 cm³/mol. The highest BCUT2D eigenvalue weighted by Gasteiger charge is 2.30. The van der Waals surface area contributed by atoms with Gasteiger partial charge in [-0.15, -0.1) is 0 Å². The predicted octanol–water partition coefficient (Wildman–Crippen LogP) is 21.3. The van der Waals surface area contributed by atoms with Crippen LogP contribution < -0.4 is 0 Å². The first kappa shape index (κ1) is 91.1. The Morgan fingerprint density at radius 1 is 0.301 bits per heavy atom. The molecular formula is C74H144O17P2. The summed E-state index contributed by atoms with van der Waals surface area (Å²) in [6.07, 6.45) is 47.6. The van der Waals surface area contributed by atoms with Crippen molar-refractivity contribution in [3.8, 4) is 0 Å². The van der Waals surface area contributed by atoms with Gasteiger partial charge in [-0.05, 0) is 49.4 Å². The molecule has 0 aliphatic heterocycles. The van der Waals surface area contributed by atoms with E-state index in [2.05, 4.69) is 55.4 Å². The van der Waals surface area contributed by atoms with Crippen molar-refractivity contribution in [1.29, 1.82) is 0 Å². The number of hydrogen-bond acceptors (Lipinski definition) is 15. The highest BCUT2D eigenvalue weighted by atomic mass is 31.2. The molecule has 0 rings (SSSR count). The van der Waals surface area contributed by atoms with Crippen LogP contribution in [-0.4, -0.2) is 96.7 Å². The molecule has 552 valence electrons. The molecule has 0 aromatic heterocycles. The molecule has 0 saturated heterocycles. The third-order valence-corrected chi connectivity index (χ3v) is 19.7. The van der Waals surface area contributed by atoms with Gasteiger partial charge in [-0.1, -0.05) is 319 Å². The summed E-state index contributed by atoms with van der Waals surface area (Å²) >= 11 is 0. The van der Waals surface area contributed by atoms with E-state index < -0.39 is 97.5 Å². The van der Waals surface area contributed by atoms with Gasteiger partial charge in [-0.3, -0.25) is 37.3 Å². The van der Waals surface area contributed by atoms with Crippen LogP contribution in [0.5, 0.6) is 0 Å². The molecular weight excluding hydrogens is 1220 g/mol. The summed E-state index contributed by atoms with van der Waals surface area (Å²) < 4.78 is 68.3. The van der Waals surface area contributed by atoms with E-state index in [-0.39, 0.29) is 25.7 Å². The zero-order valence-electron chi connectivity index (χ0n) is 60.9. The van der Waals surface area contributed by atoms with Crippen LogP contribution in [-0.2, 0) is 65.4 Å². The summed E-state index contributed by atoms with van der Waals surface area (Å²) in [6, 6.07) is 0. The maximum Gasteiger partial charge on any atom is 0.472 e. The Morgan fingerprint density at radius 2 is 0.516 bits per heavy atom. The molecule has 0 radical (unpaired) electrons. The van der Waals surface area contributed by atoms with E-state index in [9.17, 15) is 43.2 Å². The first-order valence-electron chi connectivity index (χ1n) is 38.3. The standard InChI is InChI=1S/C74H144O17P2/c1-9-66(7)52-44-36-27-21-19-17-15-13-11-12-14-16-18-20-22-30-40-48-56-73(78)90-69(60-84-71(76)54-46-38-29-24-23-28-37-45-53-67(8)10-2)62-88-92(80,81)86-58-68(75)59-87-93(82,83)89-63-70(91-74(79)57-49-41-33-32-35-43-51-65(5)6)61-85-72(77)55-47-39-31-25-26-34-42-50-64(3)4/h64-70,75H,9-63H2,1-8H3,(H,80,81)(H,82,83)/t66?,67?,68?,69-,70-/m1/s1. The second-order valence-corrected chi connectivity index (χ2v) is 31.0. The molecule has 17 nitrogen and oxygen atoms in total.